The molecule has 2 heterocycles. The third kappa shape index (κ3) is 4.34. The largest absolute Gasteiger partial charge is 0.352 e. The lowest BCUT2D eigenvalue weighted by Gasteiger charge is -2.12. The Morgan fingerprint density at radius 3 is 2.39 bits per heavy atom. The van der Waals surface area contributed by atoms with Gasteiger partial charge in [0.05, 0.1) is 28.3 Å². The summed E-state index contributed by atoms with van der Waals surface area (Å²) in [5.41, 5.74) is 3.24. The first-order valence-electron chi connectivity index (χ1n) is 8.95. The van der Waals surface area contributed by atoms with Gasteiger partial charge in [0.2, 0.25) is 5.91 Å². The average Bonchev–Trinajstić information content (AvgIpc) is 3.04. The van der Waals surface area contributed by atoms with E-state index in [9.17, 15) is 13.2 Å². The Hall–Kier alpha value is -2.45. The zero-order chi connectivity index (χ0) is 19.6. The number of aromatic nitrogens is 2. The minimum absolute atomic E-state index is 0.0223. The van der Waals surface area contributed by atoms with Crippen molar-refractivity contribution < 1.29 is 13.2 Å². The maximum Gasteiger partial charge on any atom is 0.230 e. The number of sulfone groups is 1. The lowest BCUT2D eigenvalue weighted by molar-refractivity contribution is -0.119. The van der Waals surface area contributed by atoms with Crippen LogP contribution in [0.4, 0.5) is 0 Å². The summed E-state index contributed by atoms with van der Waals surface area (Å²) in [5, 5.41) is 3.49. The van der Waals surface area contributed by atoms with Gasteiger partial charge in [0.1, 0.15) is 10.7 Å². The summed E-state index contributed by atoms with van der Waals surface area (Å²) in [6.45, 7) is 0. The third-order valence-corrected chi connectivity index (χ3v) is 7.26. The molecule has 0 unspecified atom stereocenters. The van der Waals surface area contributed by atoms with Gasteiger partial charge in [-0.3, -0.25) is 4.79 Å². The summed E-state index contributed by atoms with van der Waals surface area (Å²) in [7, 11) is -3.02. The molecule has 6 nitrogen and oxygen atoms in total. The molecule has 1 fully saturated rings. The molecule has 2 aromatic carbocycles. The standard InChI is InChI=1S/C20H19N3O3S2/c24-18(21-15-10-11-28(25,26)13-15)12-27-20-19(14-6-2-1-3-7-14)22-16-8-4-5-9-17(16)23-20/h1-9,15H,10-13H2,(H,21,24)/t15-/m0/s1. The summed E-state index contributed by atoms with van der Waals surface area (Å²) >= 11 is 1.31. The minimum Gasteiger partial charge on any atom is -0.352 e. The average molecular weight is 414 g/mol. The summed E-state index contributed by atoms with van der Waals surface area (Å²) in [6.07, 6.45) is 0.476. The maximum absolute atomic E-state index is 12.3. The number of nitrogens with zero attached hydrogens (tertiary/aromatic N) is 2. The first-order chi connectivity index (χ1) is 13.5. The summed E-state index contributed by atoms with van der Waals surface area (Å²) < 4.78 is 23.1. The van der Waals surface area contributed by atoms with Crippen molar-refractivity contribution in [2.24, 2.45) is 0 Å². The third-order valence-electron chi connectivity index (χ3n) is 4.52. The van der Waals surface area contributed by atoms with E-state index in [1.165, 1.54) is 11.8 Å². The number of carbonyl (C=O) groups is 1. The second kappa shape index (κ2) is 7.89. The molecule has 0 saturated carbocycles. The fourth-order valence-electron chi connectivity index (χ4n) is 3.18. The Morgan fingerprint density at radius 1 is 1.04 bits per heavy atom. The molecular formula is C20H19N3O3S2. The lowest BCUT2D eigenvalue weighted by atomic mass is 10.1. The SMILES string of the molecule is O=C(CSc1nc2ccccc2nc1-c1ccccc1)N[C@H]1CCS(=O)(=O)C1. The molecule has 8 heteroatoms. The molecule has 1 aromatic heterocycles. The Balaban J connectivity index is 1.55. The highest BCUT2D eigenvalue weighted by Gasteiger charge is 2.28. The van der Waals surface area contributed by atoms with E-state index in [-0.39, 0.29) is 29.2 Å². The van der Waals surface area contributed by atoms with Crippen molar-refractivity contribution in [3.05, 3.63) is 54.6 Å². The van der Waals surface area contributed by atoms with Crippen molar-refractivity contribution in [1.29, 1.82) is 0 Å². The topological polar surface area (TPSA) is 89.0 Å². The maximum atomic E-state index is 12.3. The van der Waals surface area contributed by atoms with E-state index >= 15 is 0 Å². The van der Waals surface area contributed by atoms with E-state index in [4.69, 9.17) is 9.97 Å². The summed E-state index contributed by atoms with van der Waals surface area (Å²) in [4.78, 5) is 21.8. The van der Waals surface area contributed by atoms with Crippen molar-refractivity contribution >= 4 is 38.5 Å². The van der Waals surface area contributed by atoms with Crippen molar-refractivity contribution in [3.63, 3.8) is 0 Å². The van der Waals surface area contributed by atoms with Crippen LogP contribution in [0, 0.1) is 0 Å². The molecule has 3 aromatic rings. The molecule has 0 bridgehead atoms. The van der Waals surface area contributed by atoms with Gasteiger partial charge in [-0.05, 0) is 18.6 Å². The van der Waals surface area contributed by atoms with Crippen LogP contribution in [0.25, 0.3) is 22.3 Å². The van der Waals surface area contributed by atoms with Crippen LogP contribution < -0.4 is 5.32 Å². The summed E-state index contributed by atoms with van der Waals surface area (Å²) in [6, 6.07) is 17.1. The highest BCUT2D eigenvalue weighted by Crippen LogP contribution is 2.30. The number of nitrogens with one attached hydrogen (secondary N) is 1. The van der Waals surface area contributed by atoms with Gasteiger partial charge in [0.25, 0.3) is 0 Å². The molecule has 0 spiro atoms. The highest BCUT2D eigenvalue weighted by atomic mass is 32.2. The zero-order valence-corrected chi connectivity index (χ0v) is 16.7. The lowest BCUT2D eigenvalue weighted by Crippen LogP contribution is -2.36. The van der Waals surface area contributed by atoms with E-state index in [1.54, 1.807) is 0 Å². The normalized spacial score (nSPS) is 18.2. The molecule has 1 aliphatic rings. The molecule has 0 aliphatic carbocycles. The summed E-state index contributed by atoms with van der Waals surface area (Å²) in [5.74, 6) is 0.123. The molecule has 144 valence electrons. The van der Waals surface area contributed by atoms with Crippen LogP contribution >= 0.6 is 11.8 Å². The number of carbonyl (C=O) groups excluding carboxylic acids is 1. The Bertz CT molecular complexity index is 1120. The van der Waals surface area contributed by atoms with Gasteiger partial charge in [-0.25, -0.2) is 18.4 Å². The van der Waals surface area contributed by atoms with Crippen LogP contribution in [0.1, 0.15) is 6.42 Å². The van der Waals surface area contributed by atoms with E-state index in [2.05, 4.69) is 5.32 Å². The number of benzene rings is 2. The fourth-order valence-corrected chi connectivity index (χ4v) is 5.67. The molecule has 1 N–H and O–H groups in total. The monoisotopic (exact) mass is 413 g/mol. The van der Waals surface area contributed by atoms with Crippen LogP contribution in [0.15, 0.2) is 59.6 Å². The number of amides is 1. The Labute approximate surface area is 167 Å². The molecule has 4 rings (SSSR count). The molecule has 1 saturated heterocycles. The van der Waals surface area contributed by atoms with Crippen LogP contribution in [-0.4, -0.2) is 47.6 Å². The molecular weight excluding hydrogens is 394 g/mol. The van der Waals surface area contributed by atoms with Gasteiger partial charge in [0.15, 0.2) is 9.84 Å². The quantitative estimate of drug-likeness (QED) is 0.647. The Kier molecular flexibility index (Phi) is 5.32. The molecule has 28 heavy (non-hydrogen) atoms. The van der Waals surface area contributed by atoms with Gasteiger partial charge >= 0.3 is 0 Å². The number of para-hydroxylation sites is 2. The number of hydrogen-bond donors (Lipinski definition) is 1. The molecule has 0 radical (unpaired) electrons. The number of thioether (sulfide) groups is 1. The highest BCUT2D eigenvalue weighted by molar-refractivity contribution is 8.00. The molecule has 1 aliphatic heterocycles. The number of fused-ring (bicyclic) bond motifs is 1. The first kappa shape index (κ1) is 18.9. The van der Waals surface area contributed by atoms with Gasteiger partial charge in [-0.1, -0.05) is 54.2 Å². The zero-order valence-electron chi connectivity index (χ0n) is 15.0. The first-order valence-corrected chi connectivity index (χ1v) is 11.8. The predicted octanol–water partition coefficient (Wildman–Crippen LogP) is 2.69. The van der Waals surface area contributed by atoms with E-state index < -0.39 is 9.84 Å². The molecule has 1 amide bonds. The fraction of sp³-hybridized carbons (Fsp3) is 0.250. The van der Waals surface area contributed by atoms with Gasteiger partial charge < -0.3 is 5.32 Å². The second-order valence-corrected chi connectivity index (χ2v) is 9.88. The number of hydrogen-bond acceptors (Lipinski definition) is 6. The molecule has 1 atom stereocenters. The van der Waals surface area contributed by atoms with Gasteiger partial charge in [0, 0.05) is 11.6 Å². The number of rotatable bonds is 5. The van der Waals surface area contributed by atoms with Gasteiger partial charge in [-0.2, -0.15) is 0 Å². The van der Waals surface area contributed by atoms with Crippen molar-refractivity contribution in [3.8, 4) is 11.3 Å². The smallest absolute Gasteiger partial charge is 0.230 e. The predicted molar refractivity (Wildman–Crippen MR) is 111 cm³/mol. The van der Waals surface area contributed by atoms with Crippen molar-refractivity contribution in [1.82, 2.24) is 15.3 Å². The second-order valence-electron chi connectivity index (χ2n) is 6.69. The van der Waals surface area contributed by atoms with E-state index in [1.807, 2.05) is 54.6 Å². The van der Waals surface area contributed by atoms with Crippen LogP contribution in [0.2, 0.25) is 0 Å². The van der Waals surface area contributed by atoms with Crippen molar-refractivity contribution in [2.75, 3.05) is 17.3 Å². The van der Waals surface area contributed by atoms with E-state index in [0.717, 1.165) is 22.3 Å². The van der Waals surface area contributed by atoms with Crippen LogP contribution in [0.5, 0.6) is 0 Å². The van der Waals surface area contributed by atoms with Crippen LogP contribution in [-0.2, 0) is 14.6 Å². The minimum atomic E-state index is -3.02. The van der Waals surface area contributed by atoms with Crippen molar-refractivity contribution in [2.45, 2.75) is 17.5 Å². The Morgan fingerprint density at radius 2 is 1.71 bits per heavy atom. The van der Waals surface area contributed by atoms with Gasteiger partial charge in [-0.15, -0.1) is 0 Å². The van der Waals surface area contributed by atoms with E-state index in [0.29, 0.717) is 11.4 Å². The van der Waals surface area contributed by atoms with Crippen LogP contribution in [0.3, 0.4) is 0 Å².